The van der Waals surface area contributed by atoms with Gasteiger partial charge in [-0.1, -0.05) is 11.6 Å². The molecule has 3 rings (SSSR count). The van der Waals surface area contributed by atoms with Gasteiger partial charge in [-0.25, -0.2) is 0 Å². The molecule has 1 aromatic heterocycles. The zero-order valence-electron chi connectivity index (χ0n) is 9.65. The topological polar surface area (TPSA) is 42.2 Å². The molecular formula is C14H12ClNO2. The molecule has 18 heavy (non-hydrogen) atoms. The number of amides is 1. The van der Waals surface area contributed by atoms with Gasteiger partial charge in [0.2, 0.25) is 0 Å². The average molecular weight is 262 g/mol. The smallest absolute Gasteiger partial charge is 0.287 e. The predicted octanol–water partition coefficient (Wildman–Crippen LogP) is 3.49. The van der Waals surface area contributed by atoms with Crippen LogP contribution in [0.15, 0.2) is 40.8 Å². The van der Waals surface area contributed by atoms with Gasteiger partial charge in [0.05, 0.1) is 0 Å². The van der Waals surface area contributed by atoms with Gasteiger partial charge < -0.3 is 9.73 Å². The van der Waals surface area contributed by atoms with E-state index in [4.69, 9.17) is 16.0 Å². The summed E-state index contributed by atoms with van der Waals surface area (Å²) in [7, 11) is 0. The van der Waals surface area contributed by atoms with Gasteiger partial charge in [0.1, 0.15) is 5.76 Å². The van der Waals surface area contributed by atoms with E-state index < -0.39 is 0 Å². The van der Waals surface area contributed by atoms with E-state index in [2.05, 4.69) is 5.32 Å². The van der Waals surface area contributed by atoms with Crippen LogP contribution in [0, 0.1) is 0 Å². The fourth-order valence-corrected chi connectivity index (χ4v) is 1.84. The van der Waals surface area contributed by atoms with E-state index in [1.165, 1.54) is 0 Å². The van der Waals surface area contributed by atoms with E-state index in [9.17, 15) is 4.79 Å². The summed E-state index contributed by atoms with van der Waals surface area (Å²) in [5.41, 5.74) is 0.907. The van der Waals surface area contributed by atoms with Gasteiger partial charge >= 0.3 is 0 Å². The maximum absolute atomic E-state index is 11.8. The summed E-state index contributed by atoms with van der Waals surface area (Å²) in [4.78, 5) is 11.8. The first-order chi connectivity index (χ1) is 8.72. The van der Waals surface area contributed by atoms with Crippen LogP contribution in [0.2, 0.25) is 5.02 Å². The Kier molecular flexibility index (Phi) is 2.84. The Morgan fingerprint density at radius 1 is 1.17 bits per heavy atom. The molecule has 0 saturated heterocycles. The second-order valence-electron chi connectivity index (χ2n) is 4.42. The minimum atomic E-state index is -0.141. The van der Waals surface area contributed by atoms with Crippen LogP contribution in [-0.2, 0) is 0 Å². The molecule has 4 heteroatoms. The Morgan fingerprint density at radius 3 is 2.56 bits per heavy atom. The lowest BCUT2D eigenvalue weighted by Crippen LogP contribution is -2.24. The van der Waals surface area contributed by atoms with Crippen molar-refractivity contribution in [3.63, 3.8) is 0 Å². The number of hydrogen-bond donors (Lipinski definition) is 1. The van der Waals surface area contributed by atoms with Crippen molar-refractivity contribution >= 4 is 17.5 Å². The molecule has 92 valence electrons. The first-order valence-electron chi connectivity index (χ1n) is 5.89. The van der Waals surface area contributed by atoms with Crippen molar-refractivity contribution in [1.29, 1.82) is 0 Å². The van der Waals surface area contributed by atoms with Crippen LogP contribution >= 0.6 is 11.6 Å². The normalized spacial score (nSPS) is 14.5. The van der Waals surface area contributed by atoms with Crippen molar-refractivity contribution < 1.29 is 9.21 Å². The first kappa shape index (κ1) is 11.4. The van der Waals surface area contributed by atoms with Crippen molar-refractivity contribution in [2.45, 2.75) is 18.9 Å². The van der Waals surface area contributed by atoms with E-state index in [1.54, 1.807) is 24.3 Å². The zero-order chi connectivity index (χ0) is 12.5. The Hall–Kier alpha value is -1.74. The van der Waals surface area contributed by atoms with Gasteiger partial charge in [0.15, 0.2) is 5.76 Å². The second-order valence-corrected chi connectivity index (χ2v) is 4.85. The van der Waals surface area contributed by atoms with Gasteiger partial charge in [-0.3, -0.25) is 4.79 Å². The van der Waals surface area contributed by atoms with Crippen molar-refractivity contribution in [1.82, 2.24) is 5.32 Å². The molecule has 1 fully saturated rings. The number of hydrogen-bond acceptors (Lipinski definition) is 2. The van der Waals surface area contributed by atoms with E-state index in [0.29, 0.717) is 22.6 Å². The number of carbonyl (C=O) groups excluding carboxylic acids is 1. The van der Waals surface area contributed by atoms with Crippen molar-refractivity contribution in [3.8, 4) is 11.3 Å². The highest BCUT2D eigenvalue weighted by Gasteiger charge is 2.25. The SMILES string of the molecule is O=C(NC1CC1)c1ccc(-c2ccc(Cl)cc2)o1. The molecule has 2 aromatic rings. The fourth-order valence-electron chi connectivity index (χ4n) is 1.71. The Balaban J connectivity index is 1.79. The highest BCUT2D eigenvalue weighted by molar-refractivity contribution is 6.30. The van der Waals surface area contributed by atoms with Gasteiger partial charge in [0, 0.05) is 16.6 Å². The Labute approximate surface area is 110 Å². The van der Waals surface area contributed by atoms with Crippen LogP contribution in [0.1, 0.15) is 23.4 Å². The van der Waals surface area contributed by atoms with Crippen molar-refractivity contribution in [2.24, 2.45) is 0 Å². The summed E-state index contributed by atoms with van der Waals surface area (Å²) >= 11 is 5.82. The van der Waals surface area contributed by atoms with E-state index in [-0.39, 0.29) is 5.91 Å². The summed E-state index contributed by atoms with van der Waals surface area (Å²) in [5.74, 6) is 0.886. The quantitative estimate of drug-likeness (QED) is 0.919. The molecule has 0 aliphatic heterocycles. The van der Waals surface area contributed by atoms with Crippen LogP contribution in [0.3, 0.4) is 0 Å². The summed E-state index contributed by atoms with van der Waals surface area (Å²) in [6.45, 7) is 0. The number of rotatable bonds is 3. The molecule has 1 N–H and O–H groups in total. The fraction of sp³-hybridized carbons (Fsp3) is 0.214. The first-order valence-corrected chi connectivity index (χ1v) is 6.27. The van der Waals surface area contributed by atoms with Crippen LogP contribution in [0.4, 0.5) is 0 Å². The molecular weight excluding hydrogens is 250 g/mol. The van der Waals surface area contributed by atoms with Crippen LogP contribution in [0.25, 0.3) is 11.3 Å². The molecule has 0 spiro atoms. The number of halogens is 1. The molecule has 3 nitrogen and oxygen atoms in total. The molecule has 1 aliphatic rings. The van der Waals surface area contributed by atoms with Crippen molar-refractivity contribution in [3.05, 3.63) is 47.2 Å². The lowest BCUT2D eigenvalue weighted by atomic mass is 10.2. The zero-order valence-corrected chi connectivity index (χ0v) is 10.4. The molecule has 0 atom stereocenters. The van der Waals surface area contributed by atoms with E-state index in [0.717, 1.165) is 18.4 Å². The number of carbonyl (C=O) groups is 1. The number of nitrogens with one attached hydrogen (secondary N) is 1. The Bertz CT molecular complexity index is 570. The lowest BCUT2D eigenvalue weighted by molar-refractivity contribution is 0.0924. The molecule has 1 saturated carbocycles. The van der Waals surface area contributed by atoms with Gasteiger partial charge in [-0.05, 0) is 49.2 Å². The second kappa shape index (κ2) is 4.50. The molecule has 0 bridgehead atoms. The summed E-state index contributed by atoms with van der Waals surface area (Å²) in [5, 5.41) is 3.57. The van der Waals surface area contributed by atoms with Gasteiger partial charge in [-0.2, -0.15) is 0 Å². The molecule has 1 aromatic carbocycles. The van der Waals surface area contributed by atoms with E-state index in [1.807, 2.05) is 12.1 Å². The standard InChI is InChI=1S/C14H12ClNO2/c15-10-3-1-9(2-4-10)12-7-8-13(18-12)14(17)16-11-5-6-11/h1-4,7-8,11H,5-6H2,(H,16,17). The highest BCUT2D eigenvalue weighted by atomic mass is 35.5. The van der Waals surface area contributed by atoms with Crippen molar-refractivity contribution in [2.75, 3.05) is 0 Å². The monoisotopic (exact) mass is 261 g/mol. The third kappa shape index (κ3) is 2.41. The minimum Gasteiger partial charge on any atom is -0.451 e. The van der Waals surface area contributed by atoms with Gasteiger partial charge in [-0.15, -0.1) is 0 Å². The summed E-state index contributed by atoms with van der Waals surface area (Å²) < 4.78 is 5.54. The molecule has 0 radical (unpaired) electrons. The maximum atomic E-state index is 11.8. The van der Waals surface area contributed by atoms with E-state index >= 15 is 0 Å². The number of benzene rings is 1. The lowest BCUT2D eigenvalue weighted by Gasteiger charge is -1.99. The largest absolute Gasteiger partial charge is 0.451 e. The van der Waals surface area contributed by atoms with Gasteiger partial charge in [0.25, 0.3) is 5.91 Å². The minimum absolute atomic E-state index is 0.141. The molecule has 0 unspecified atom stereocenters. The Morgan fingerprint density at radius 2 is 1.89 bits per heavy atom. The third-order valence-electron chi connectivity index (χ3n) is 2.87. The predicted molar refractivity (Wildman–Crippen MR) is 69.6 cm³/mol. The van der Waals surface area contributed by atoms with Crippen LogP contribution in [-0.4, -0.2) is 11.9 Å². The molecule has 1 aliphatic carbocycles. The van der Waals surface area contributed by atoms with Crippen LogP contribution < -0.4 is 5.32 Å². The molecule has 1 amide bonds. The summed E-state index contributed by atoms with van der Waals surface area (Å²) in [6, 6.07) is 11.1. The van der Waals surface area contributed by atoms with Crippen LogP contribution in [0.5, 0.6) is 0 Å². The molecule has 1 heterocycles. The third-order valence-corrected chi connectivity index (χ3v) is 3.12. The number of furan rings is 1. The highest BCUT2D eigenvalue weighted by Crippen LogP contribution is 2.25. The summed E-state index contributed by atoms with van der Waals surface area (Å²) in [6.07, 6.45) is 2.13. The average Bonchev–Trinajstić information content (AvgIpc) is 3.04. The maximum Gasteiger partial charge on any atom is 0.287 e.